The minimum atomic E-state index is 0.681. The molecule has 1 saturated heterocycles. The molecular formula is C12H20N4S. The third kappa shape index (κ3) is 3.03. The Balaban J connectivity index is 2.20. The molecule has 0 saturated carbocycles. The summed E-state index contributed by atoms with van der Waals surface area (Å²) in [6, 6.07) is 0. The van der Waals surface area contributed by atoms with Crippen molar-refractivity contribution in [3.05, 3.63) is 11.8 Å². The van der Waals surface area contributed by atoms with E-state index in [1.165, 1.54) is 5.75 Å². The maximum Gasteiger partial charge on any atom is 0.224 e. The van der Waals surface area contributed by atoms with Crippen LogP contribution >= 0.6 is 11.8 Å². The van der Waals surface area contributed by atoms with Crippen molar-refractivity contribution in [3.63, 3.8) is 0 Å². The fourth-order valence-electron chi connectivity index (χ4n) is 2.01. The molecular weight excluding hydrogens is 232 g/mol. The number of hydrogen-bond donors (Lipinski definition) is 1. The van der Waals surface area contributed by atoms with Gasteiger partial charge in [0.15, 0.2) is 0 Å². The van der Waals surface area contributed by atoms with Gasteiger partial charge < -0.3 is 10.2 Å². The van der Waals surface area contributed by atoms with Crippen LogP contribution in [-0.4, -0.2) is 40.6 Å². The first-order valence-corrected chi connectivity index (χ1v) is 7.19. The lowest BCUT2D eigenvalue weighted by Crippen LogP contribution is -2.37. The molecule has 1 atom stereocenters. The Bertz CT molecular complexity index is 383. The minimum absolute atomic E-state index is 0.681. The van der Waals surface area contributed by atoms with Crippen LogP contribution < -0.4 is 10.2 Å². The molecule has 94 valence electrons. The van der Waals surface area contributed by atoms with Gasteiger partial charge in [0.1, 0.15) is 5.82 Å². The van der Waals surface area contributed by atoms with Crippen molar-refractivity contribution in [1.82, 2.24) is 9.97 Å². The zero-order valence-electron chi connectivity index (χ0n) is 10.7. The van der Waals surface area contributed by atoms with Crippen molar-refractivity contribution >= 4 is 23.5 Å². The fourth-order valence-corrected chi connectivity index (χ4v) is 3.02. The summed E-state index contributed by atoms with van der Waals surface area (Å²) in [5.74, 6) is 3.00. The first kappa shape index (κ1) is 12.5. The number of anilines is 2. The molecule has 1 N–H and O–H groups in total. The topological polar surface area (TPSA) is 41.1 Å². The molecule has 1 aromatic heterocycles. The number of thioether (sulfide) groups is 1. The molecule has 2 heterocycles. The van der Waals surface area contributed by atoms with E-state index in [0.717, 1.165) is 37.0 Å². The molecule has 0 spiro atoms. The van der Waals surface area contributed by atoms with E-state index < -0.39 is 0 Å². The van der Waals surface area contributed by atoms with Crippen LogP contribution in [0.4, 0.5) is 11.8 Å². The zero-order chi connectivity index (χ0) is 12.3. The van der Waals surface area contributed by atoms with E-state index in [2.05, 4.69) is 41.0 Å². The van der Waals surface area contributed by atoms with Crippen LogP contribution in [0.1, 0.15) is 19.4 Å². The van der Waals surface area contributed by atoms with E-state index in [4.69, 9.17) is 0 Å². The Hall–Kier alpha value is -0.970. The van der Waals surface area contributed by atoms with E-state index in [9.17, 15) is 0 Å². The molecule has 1 aromatic rings. The van der Waals surface area contributed by atoms with Gasteiger partial charge in [-0.15, -0.1) is 0 Å². The van der Waals surface area contributed by atoms with Gasteiger partial charge in [-0.05, 0) is 13.8 Å². The quantitative estimate of drug-likeness (QED) is 0.893. The summed E-state index contributed by atoms with van der Waals surface area (Å²) in [5.41, 5.74) is 1.16. The molecule has 0 bridgehead atoms. The largest absolute Gasteiger partial charge is 0.354 e. The van der Waals surface area contributed by atoms with Crippen LogP contribution in [0.2, 0.25) is 0 Å². The van der Waals surface area contributed by atoms with Gasteiger partial charge >= 0.3 is 0 Å². The van der Waals surface area contributed by atoms with Crippen molar-refractivity contribution in [2.75, 3.05) is 35.6 Å². The lowest BCUT2D eigenvalue weighted by molar-refractivity contribution is 0.764. The number of hydrogen-bond acceptors (Lipinski definition) is 5. The van der Waals surface area contributed by atoms with Crippen LogP contribution in [0.3, 0.4) is 0 Å². The molecule has 1 fully saturated rings. The van der Waals surface area contributed by atoms with Crippen molar-refractivity contribution in [1.29, 1.82) is 0 Å². The van der Waals surface area contributed by atoms with E-state index in [-0.39, 0.29) is 0 Å². The molecule has 1 aliphatic rings. The molecule has 17 heavy (non-hydrogen) atoms. The number of aryl methyl sites for hydroxylation is 1. The smallest absolute Gasteiger partial charge is 0.224 e. The summed E-state index contributed by atoms with van der Waals surface area (Å²) >= 11 is 2.04. The number of nitrogens with zero attached hydrogens (tertiary/aromatic N) is 3. The molecule has 1 aliphatic heterocycles. The molecule has 0 radical (unpaired) electrons. The second kappa shape index (κ2) is 5.58. The third-order valence-electron chi connectivity index (χ3n) is 2.82. The van der Waals surface area contributed by atoms with Crippen molar-refractivity contribution in [3.8, 4) is 0 Å². The molecule has 0 aliphatic carbocycles. The van der Waals surface area contributed by atoms with E-state index in [1.54, 1.807) is 0 Å². The maximum atomic E-state index is 4.61. The van der Waals surface area contributed by atoms with Crippen molar-refractivity contribution in [2.45, 2.75) is 26.0 Å². The van der Waals surface area contributed by atoms with Gasteiger partial charge in [-0.1, -0.05) is 6.92 Å². The van der Waals surface area contributed by atoms with E-state index in [0.29, 0.717) is 5.25 Å². The van der Waals surface area contributed by atoms with Gasteiger partial charge in [-0.25, -0.2) is 4.98 Å². The highest BCUT2D eigenvalue weighted by molar-refractivity contribution is 8.00. The van der Waals surface area contributed by atoms with Gasteiger partial charge in [-0.2, -0.15) is 16.7 Å². The summed E-state index contributed by atoms with van der Waals surface area (Å²) in [5, 5.41) is 3.85. The normalized spacial score (nSPS) is 20.4. The van der Waals surface area contributed by atoms with Crippen LogP contribution in [0.25, 0.3) is 0 Å². The zero-order valence-corrected chi connectivity index (χ0v) is 11.5. The molecule has 1 unspecified atom stereocenters. The van der Waals surface area contributed by atoms with E-state index >= 15 is 0 Å². The first-order chi connectivity index (χ1) is 8.20. The first-order valence-electron chi connectivity index (χ1n) is 6.14. The maximum absolute atomic E-state index is 4.61. The average molecular weight is 252 g/mol. The second-order valence-corrected chi connectivity index (χ2v) is 5.90. The highest BCUT2D eigenvalue weighted by atomic mass is 32.2. The highest BCUT2D eigenvalue weighted by Gasteiger charge is 2.19. The minimum Gasteiger partial charge on any atom is -0.354 e. The molecule has 0 aromatic carbocycles. The second-order valence-electron chi connectivity index (χ2n) is 4.36. The van der Waals surface area contributed by atoms with Crippen LogP contribution in [0.5, 0.6) is 0 Å². The summed E-state index contributed by atoms with van der Waals surface area (Å²) in [6.45, 7) is 9.43. The van der Waals surface area contributed by atoms with Gasteiger partial charge in [-0.3, -0.25) is 0 Å². The van der Waals surface area contributed by atoms with E-state index in [1.807, 2.05) is 18.0 Å². The Morgan fingerprint density at radius 2 is 2.41 bits per heavy atom. The van der Waals surface area contributed by atoms with Gasteiger partial charge in [0.2, 0.25) is 5.95 Å². The van der Waals surface area contributed by atoms with Gasteiger partial charge in [0.05, 0.1) is 0 Å². The number of aromatic nitrogens is 2. The predicted octanol–water partition coefficient (Wildman–Crippen LogP) is 2.16. The predicted molar refractivity (Wildman–Crippen MR) is 75.1 cm³/mol. The summed E-state index contributed by atoms with van der Waals surface area (Å²) < 4.78 is 0. The standard InChI is InChI=1S/C12H20N4S/c1-4-13-12-14-7-9(2)11(15-12)16-5-6-17-10(3)8-16/h7,10H,4-6,8H2,1-3H3,(H,13,14,15). The van der Waals surface area contributed by atoms with Crippen molar-refractivity contribution < 1.29 is 0 Å². The van der Waals surface area contributed by atoms with Crippen LogP contribution in [0.15, 0.2) is 6.20 Å². The van der Waals surface area contributed by atoms with Gasteiger partial charge in [0, 0.05) is 42.4 Å². The third-order valence-corrected chi connectivity index (χ3v) is 3.96. The lowest BCUT2D eigenvalue weighted by atomic mass is 10.3. The van der Waals surface area contributed by atoms with Crippen LogP contribution in [-0.2, 0) is 0 Å². The Morgan fingerprint density at radius 3 is 3.12 bits per heavy atom. The molecule has 2 rings (SSSR count). The summed E-state index contributed by atoms with van der Waals surface area (Å²) in [6.07, 6.45) is 1.91. The Labute approximate surface area is 107 Å². The molecule has 0 amide bonds. The lowest BCUT2D eigenvalue weighted by Gasteiger charge is -2.32. The van der Waals surface area contributed by atoms with Crippen LogP contribution in [0, 0.1) is 6.92 Å². The summed E-state index contributed by atoms with van der Waals surface area (Å²) in [7, 11) is 0. The average Bonchev–Trinajstić information content (AvgIpc) is 2.32. The van der Waals surface area contributed by atoms with Gasteiger partial charge in [0.25, 0.3) is 0 Å². The van der Waals surface area contributed by atoms with Crippen molar-refractivity contribution in [2.24, 2.45) is 0 Å². The Kier molecular flexibility index (Phi) is 4.10. The SMILES string of the molecule is CCNc1ncc(C)c(N2CCSC(C)C2)n1. The summed E-state index contributed by atoms with van der Waals surface area (Å²) in [4.78, 5) is 11.3. The highest BCUT2D eigenvalue weighted by Crippen LogP contribution is 2.25. The fraction of sp³-hybridized carbons (Fsp3) is 0.667. The molecule has 5 heteroatoms. The molecule has 4 nitrogen and oxygen atoms in total. The number of nitrogens with one attached hydrogen (secondary N) is 1. The monoisotopic (exact) mass is 252 g/mol. The Morgan fingerprint density at radius 1 is 1.59 bits per heavy atom. The number of rotatable bonds is 3.